The molecule has 5 rings (SSSR count). The fourth-order valence-electron chi connectivity index (χ4n) is 4.47. The lowest BCUT2D eigenvalue weighted by Gasteiger charge is -2.29. The lowest BCUT2D eigenvalue weighted by atomic mass is 10.0. The zero-order chi connectivity index (χ0) is 22.2. The second-order valence-corrected chi connectivity index (χ2v) is 8.55. The molecular formula is C21H26N8O3. The zero-order valence-corrected chi connectivity index (χ0v) is 17.6. The molecule has 0 bridgehead atoms. The molecule has 0 aliphatic carbocycles. The van der Waals surface area contributed by atoms with Crippen molar-refractivity contribution < 1.29 is 14.4 Å². The number of rotatable bonds is 5. The van der Waals surface area contributed by atoms with E-state index < -0.39 is 11.9 Å². The second-order valence-electron chi connectivity index (χ2n) is 8.55. The molecule has 1 unspecified atom stereocenters. The summed E-state index contributed by atoms with van der Waals surface area (Å²) in [5, 5.41) is 12.7. The maximum absolute atomic E-state index is 12.9. The predicted molar refractivity (Wildman–Crippen MR) is 116 cm³/mol. The molecule has 5 N–H and O–H groups in total. The Morgan fingerprint density at radius 3 is 2.75 bits per heavy atom. The van der Waals surface area contributed by atoms with Gasteiger partial charge in [0.25, 0.3) is 5.91 Å². The molecule has 168 valence electrons. The standard InChI is InChI=1S/C21H26N8O3/c22-14-5-7-28(8-6-14)21-25-20(26-27-21)23-10-12-1-2-13-11-29(19(32)15(13)9-12)16-3-4-17(30)24-18(16)31/h1-2,9,14,16H,3-8,10-11,22H2,(H,24,30,31)(H2,23,25,26,27). The Kier molecular flexibility index (Phi) is 5.25. The van der Waals surface area contributed by atoms with Crippen LogP contribution in [-0.4, -0.2) is 63.0 Å². The number of aromatic amines is 1. The first-order chi connectivity index (χ1) is 15.5. The van der Waals surface area contributed by atoms with Crippen LogP contribution in [0.5, 0.6) is 0 Å². The first kappa shape index (κ1) is 20.4. The normalized spacial score (nSPS) is 21.7. The minimum Gasteiger partial charge on any atom is -0.350 e. The molecular weight excluding hydrogens is 412 g/mol. The number of imide groups is 1. The van der Waals surface area contributed by atoms with E-state index in [0.717, 1.165) is 37.1 Å². The molecule has 3 aliphatic rings. The number of benzene rings is 1. The molecule has 2 aromatic rings. The van der Waals surface area contributed by atoms with Crippen molar-refractivity contribution in [3.05, 3.63) is 34.9 Å². The van der Waals surface area contributed by atoms with Gasteiger partial charge in [0, 0.05) is 44.2 Å². The van der Waals surface area contributed by atoms with E-state index in [9.17, 15) is 14.4 Å². The molecule has 0 spiro atoms. The van der Waals surface area contributed by atoms with Crippen LogP contribution < -0.4 is 21.3 Å². The van der Waals surface area contributed by atoms with Gasteiger partial charge in [0.15, 0.2) is 0 Å². The molecule has 32 heavy (non-hydrogen) atoms. The van der Waals surface area contributed by atoms with E-state index in [1.165, 1.54) is 0 Å². The van der Waals surface area contributed by atoms with Crippen LogP contribution in [0.4, 0.5) is 11.9 Å². The van der Waals surface area contributed by atoms with Crippen molar-refractivity contribution in [1.82, 2.24) is 25.4 Å². The van der Waals surface area contributed by atoms with E-state index in [2.05, 4.69) is 30.7 Å². The van der Waals surface area contributed by atoms with Crippen LogP contribution >= 0.6 is 0 Å². The Bertz CT molecular complexity index is 1060. The molecule has 0 saturated carbocycles. The summed E-state index contributed by atoms with van der Waals surface area (Å²) in [5.41, 5.74) is 8.35. The molecule has 1 atom stereocenters. The Morgan fingerprint density at radius 1 is 1.16 bits per heavy atom. The van der Waals surface area contributed by atoms with Gasteiger partial charge in [-0.05, 0) is 36.5 Å². The van der Waals surface area contributed by atoms with Gasteiger partial charge in [0.1, 0.15) is 6.04 Å². The second kappa shape index (κ2) is 8.23. The number of fused-ring (bicyclic) bond motifs is 1. The summed E-state index contributed by atoms with van der Waals surface area (Å²) < 4.78 is 0. The minimum atomic E-state index is -0.605. The summed E-state index contributed by atoms with van der Waals surface area (Å²) in [6.45, 7) is 2.53. The summed E-state index contributed by atoms with van der Waals surface area (Å²) in [5.74, 6) is 0.348. The summed E-state index contributed by atoms with van der Waals surface area (Å²) in [4.78, 5) is 44.7. The first-order valence-electron chi connectivity index (χ1n) is 10.9. The highest BCUT2D eigenvalue weighted by atomic mass is 16.2. The Labute approximate surface area is 184 Å². The number of hydrogen-bond acceptors (Lipinski definition) is 8. The molecule has 11 heteroatoms. The van der Waals surface area contributed by atoms with Crippen LogP contribution in [0.15, 0.2) is 18.2 Å². The van der Waals surface area contributed by atoms with E-state index in [4.69, 9.17) is 5.73 Å². The van der Waals surface area contributed by atoms with Crippen molar-refractivity contribution in [3.8, 4) is 0 Å². The lowest BCUT2D eigenvalue weighted by Crippen LogP contribution is -2.52. The largest absolute Gasteiger partial charge is 0.350 e. The quantitative estimate of drug-likeness (QED) is 0.481. The smallest absolute Gasteiger partial charge is 0.255 e. The monoisotopic (exact) mass is 438 g/mol. The number of aromatic nitrogens is 3. The summed E-state index contributed by atoms with van der Waals surface area (Å²) in [7, 11) is 0. The fraction of sp³-hybridized carbons (Fsp3) is 0.476. The number of carbonyl (C=O) groups excluding carboxylic acids is 3. The van der Waals surface area contributed by atoms with Crippen LogP contribution in [0.2, 0.25) is 0 Å². The SMILES string of the molecule is NC1CCN(c2n[nH]c(NCc3ccc4c(c3)C(=O)N(C3CCC(=O)NC3=O)C4)n2)CC1. The van der Waals surface area contributed by atoms with Gasteiger partial charge in [0.2, 0.25) is 23.7 Å². The number of anilines is 2. The number of piperidine rings is 2. The van der Waals surface area contributed by atoms with Crippen molar-refractivity contribution in [2.75, 3.05) is 23.3 Å². The van der Waals surface area contributed by atoms with Gasteiger partial charge in [0.05, 0.1) is 0 Å². The van der Waals surface area contributed by atoms with Gasteiger partial charge in [-0.25, -0.2) is 5.10 Å². The van der Waals surface area contributed by atoms with Crippen molar-refractivity contribution in [1.29, 1.82) is 0 Å². The van der Waals surface area contributed by atoms with Crippen molar-refractivity contribution in [3.63, 3.8) is 0 Å². The van der Waals surface area contributed by atoms with Gasteiger partial charge in [-0.15, -0.1) is 5.10 Å². The summed E-state index contributed by atoms with van der Waals surface area (Å²) in [6.07, 6.45) is 2.46. The predicted octanol–water partition coefficient (Wildman–Crippen LogP) is 0.105. The maximum atomic E-state index is 12.9. The number of H-pyrrole nitrogens is 1. The highest BCUT2D eigenvalue weighted by molar-refractivity contribution is 6.05. The number of amides is 3. The van der Waals surface area contributed by atoms with Crippen LogP contribution in [0.1, 0.15) is 47.2 Å². The fourth-order valence-corrected chi connectivity index (χ4v) is 4.47. The molecule has 1 aromatic heterocycles. The molecule has 4 heterocycles. The molecule has 3 amide bonds. The summed E-state index contributed by atoms with van der Waals surface area (Å²) in [6, 6.07) is 5.36. The van der Waals surface area contributed by atoms with Crippen molar-refractivity contribution >= 4 is 29.6 Å². The van der Waals surface area contributed by atoms with Crippen LogP contribution in [-0.2, 0) is 22.7 Å². The van der Waals surface area contributed by atoms with Gasteiger partial charge in [-0.3, -0.25) is 19.7 Å². The van der Waals surface area contributed by atoms with Crippen LogP contribution in [0.25, 0.3) is 0 Å². The lowest BCUT2D eigenvalue weighted by molar-refractivity contribution is -0.136. The van der Waals surface area contributed by atoms with E-state index in [-0.39, 0.29) is 24.3 Å². The summed E-state index contributed by atoms with van der Waals surface area (Å²) >= 11 is 0. The number of nitrogens with zero attached hydrogens (tertiary/aromatic N) is 4. The number of nitrogens with one attached hydrogen (secondary N) is 3. The third kappa shape index (κ3) is 3.91. The number of hydrogen-bond donors (Lipinski definition) is 4. The molecule has 3 aliphatic heterocycles. The van der Waals surface area contributed by atoms with E-state index in [0.29, 0.717) is 37.0 Å². The third-order valence-electron chi connectivity index (χ3n) is 6.35. The third-order valence-corrected chi connectivity index (χ3v) is 6.35. The van der Waals surface area contributed by atoms with E-state index in [1.807, 2.05) is 18.2 Å². The molecule has 2 fully saturated rings. The van der Waals surface area contributed by atoms with Crippen molar-refractivity contribution in [2.45, 2.75) is 50.9 Å². The maximum Gasteiger partial charge on any atom is 0.255 e. The van der Waals surface area contributed by atoms with Gasteiger partial charge in [-0.2, -0.15) is 4.98 Å². The van der Waals surface area contributed by atoms with E-state index in [1.54, 1.807) is 4.90 Å². The zero-order valence-electron chi connectivity index (χ0n) is 17.6. The molecule has 11 nitrogen and oxygen atoms in total. The van der Waals surface area contributed by atoms with E-state index >= 15 is 0 Å². The molecule has 1 aromatic carbocycles. The minimum absolute atomic E-state index is 0.179. The van der Waals surface area contributed by atoms with Gasteiger partial charge in [-0.1, -0.05) is 12.1 Å². The first-order valence-corrected chi connectivity index (χ1v) is 10.9. The number of nitrogens with two attached hydrogens (primary N) is 1. The average Bonchev–Trinajstić information content (AvgIpc) is 3.38. The Hall–Kier alpha value is -3.47. The van der Waals surface area contributed by atoms with Gasteiger partial charge >= 0.3 is 0 Å². The Morgan fingerprint density at radius 2 is 1.97 bits per heavy atom. The van der Waals surface area contributed by atoms with Gasteiger partial charge < -0.3 is 20.9 Å². The van der Waals surface area contributed by atoms with Crippen LogP contribution in [0, 0.1) is 0 Å². The highest BCUT2D eigenvalue weighted by Crippen LogP contribution is 2.28. The molecule has 2 saturated heterocycles. The molecule has 0 radical (unpaired) electrons. The Balaban J connectivity index is 1.22. The van der Waals surface area contributed by atoms with Crippen LogP contribution in [0.3, 0.4) is 0 Å². The topological polar surface area (TPSA) is 149 Å². The van der Waals surface area contributed by atoms with Crippen molar-refractivity contribution in [2.24, 2.45) is 5.73 Å². The average molecular weight is 438 g/mol. The number of carbonyl (C=O) groups is 3. The highest BCUT2D eigenvalue weighted by Gasteiger charge is 2.39.